The molecule has 0 aromatic carbocycles. The number of hydrogen-bond acceptors (Lipinski definition) is 5. The average Bonchev–Trinajstić information content (AvgIpc) is 2.27. The molecule has 0 fully saturated rings. The second kappa shape index (κ2) is 5.17. The smallest absolute Gasteiger partial charge is 0.153 e. The van der Waals surface area contributed by atoms with E-state index in [4.69, 9.17) is 16.1 Å². The van der Waals surface area contributed by atoms with E-state index < -0.39 is 0 Å². The first kappa shape index (κ1) is 11.3. The van der Waals surface area contributed by atoms with E-state index in [1.165, 1.54) is 0 Å². The monoisotopic (exact) mass is 206 g/mol. The molecule has 0 radical (unpaired) electrons. The van der Waals surface area contributed by atoms with Gasteiger partial charge in [0, 0.05) is 19.3 Å². The Balaban J connectivity index is 3.08. The van der Waals surface area contributed by atoms with Crippen LogP contribution < -0.4 is 10.6 Å². The predicted molar refractivity (Wildman–Crippen MR) is 58.3 cm³/mol. The molecule has 0 saturated carbocycles. The highest BCUT2D eigenvalue weighted by atomic mass is 16.3. The van der Waals surface area contributed by atoms with Gasteiger partial charge in [0.15, 0.2) is 5.82 Å². The summed E-state index contributed by atoms with van der Waals surface area (Å²) in [5, 5.41) is 17.7. The molecule has 0 aliphatic carbocycles. The molecule has 1 aromatic heterocycles. The van der Waals surface area contributed by atoms with Crippen LogP contribution in [0.4, 0.5) is 11.5 Å². The summed E-state index contributed by atoms with van der Waals surface area (Å²) in [4.78, 5) is 5.94. The lowest BCUT2D eigenvalue weighted by Crippen LogP contribution is -2.28. The third-order valence-electron chi connectivity index (χ3n) is 2.14. The number of nitrogens with two attached hydrogens (primary N) is 1. The average molecular weight is 206 g/mol. The number of rotatable bonds is 4. The quantitative estimate of drug-likeness (QED) is 0.742. The number of likely N-dealkylation sites (N-methyl/N-ethyl adjacent to an activating group) is 1. The van der Waals surface area contributed by atoms with Crippen LogP contribution in [0.5, 0.6) is 0 Å². The van der Waals surface area contributed by atoms with Crippen molar-refractivity contribution in [1.29, 1.82) is 5.26 Å². The van der Waals surface area contributed by atoms with Crippen molar-refractivity contribution in [2.75, 3.05) is 30.3 Å². The molecule has 0 spiro atoms. The Labute approximate surface area is 88.8 Å². The molecule has 15 heavy (non-hydrogen) atoms. The standard InChI is InChI=1S/C10H14N4O/c1-2-14(5-6-15)10-9(12)8(7-11)3-4-13-10/h3-4,15H,2,5-6,12H2,1H3. The SMILES string of the molecule is CCN(CCO)c1nccc(C#N)c1N. The Kier molecular flexibility index (Phi) is 3.89. The lowest BCUT2D eigenvalue weighted by Gasteiger charge is -2.22. The molecule has 1 heterocycles. The molecule has 3 N–H and O–H groups in total. The summed E-state index contributed by atoms with van der Waals surface area (Å²) in [6, 6.07) is 3.58. The fourth-order valence-corrected chi connectivity index (χ4v) is 1.35. The summed E-state index contributed by atoms with van der Waals surface area (Å²) < 4.78 is 0. The Morgan fingerprint density at radius 1 is 1.67 bits per heavy atom. The van der Waals surface area contributed by atoms with Crippen molar-refractivity contribution in [1.82, 2.24) is 4.98 Å². The fourth-order valence-electron chi connectivity index (χ4n) is 1.35. The summed E-state index contributed by atoms with van der Waals surface area (Å²) in [5.74, 6) is 0.561. The first-order valence-electron chi connectivity index (χ1n) is 4.75. The minimum Gasteiger partial charge on any atom is -0.395 e. The zero-order valence-corrected chi connectivity index (χ0v) is 8.64. The summed E-state index contributed by atoms with van der Waals surface area (Å²) in [5.41, 5.74) is 6.58. The number of nitriles is 1. The molecule has 0 bridgehead atoms. The lowest BCUT2D eigenvalue weighted by atomic mass is 10.2. The van der Waals surface area contributed by atoms with Crippen LogP contribution in [-0.2, 0) is 0 Å². The number of nitrogen functional groups attached to an aromatic ring is 1. The summed E-state index contributed by atoms with van der Waals surface area (Å²) in [6.07, 6.45) is 1.55. The first-order valence-corrected chi connectivity index (χ1v) is 4.75. The van der Waals surface area contributed by atoms with Gasteiger partial charge in [-0.3, -0.25) is 0 Å². The maximum Gasteiger partial charge on any atom is 0.153 e. The van der Waals surface area contributed by atoms with Crippen molar-refractivity contribution in [3.05, 3.63) is 17.8 Å². The fraction of sp³-hybridized carbons (Fsp3) is 0.400. The molecule has 80 valence electrons. The molecular weight excluding hydrogens is 192 g/mol. The molecule has 1 aromatic rings. The minimum atomic E-state index is 0.0335. The molecule has 0 atom stereocenters. The number of aromatic nitrogens is 1. The largest absolute Gasteiger partial charge is 0.395 e. The number of nitrogens with zero attached hydrogens (tertiary/aromatic N) is 3. The van der Waals surface area contributed by atoms with Crippen LogP contribution >= 0.6 is 0 Å². The van der Waals surface area contributed by atoms with Gasteiger partial charge in [0.25, 0.3) is 0 Å². The number of pyridine rings is 1. The molecule has 1 rings (SSSR count). The van der Waals surface area contributed by atoms with Crippen molar-refractivity contribution < 1.29 is 5.11 Å². The summed E-state index contributed by atoms with van der Waals surface area (Å²) in [6.45, 7) is 3.12. The topological polar surface area (TPSA) is 86.2 Å². The van der Waals surface area contributed by atoms with Crippen LogP contribution in [0, 0.1) is 11.3 Å². The molecule has 5 heteroatoms. The van der Waals surface area contributed by atoms with Gasteiger partial charge in [0.1, 0.15) is 6.07 Å². The Bertz CT molecular complexity index is 372. The maximum absolute atomic E-state index is 8.87. The summed E-state index contributed by atoms with van der Waals surface area (Å²) >= 11 is 0. The molecule has 0 unspecified atom stereocenters. The molecule has 0 saturated heterocycles. The van der Waals surface area contributed by atoms with Crippen LogP contribution in [0.1, 0.15) is 12.5 Å². The van der Waals surface area contributed by atoms with E-state index in [-0.39, 0.29) is 6.61 Å². The van der Waals surface area contributed by atoms with Gasteiger partial charge in [-0.1, -0.05) is 0 Å². The second-order valence-corrected chi connectivity index (χ2v) is 3.01. The van der Waals surface area contributed by atoms with Crippen LogP contribution in [0.3, 0.4) is 0 Å². The number of hydrogen-bond donors (Lipinski definition) is 2. The maximum atomic E-state index is 8.87. The van der Waals surface area contributed by atoms with Crippen molar-refractivity contribution in [2.45, 2.75) is 6.92 Å². The molecular formula is C10H14N4O. The van der Waals surface area contributed by atoms with E-state index in [9.17, 15) is 0 Å². The van der Waals surface area contributed by atoms with E-state index in [0.717, 1.165) is 0 Å². The van der Waals surface area contributed by atoms with Gasteiger partial charge in [-0.25, -0.2) is 4.98 Å². The van der Waals surface area contributed by atoms with Crippen LogP contribution in [-0.4, -0.2) is 29.8 Å². The zero-order valence-electron chi connectivity index (χ0n) is 8.64. The van der Waals surface area contributed by atoms with E-state index in [1.807, 2.05) is 17.9 Å². The minimum absolute atomic E-state index is 0.0335. The van der Waals surface area contributed by atoms with Gasteiger partial charge < -0.3 is 15.7 Å². The van der Waals surface area contributed by atoms with Crippen molar-refractivity contribution in [2.24, 2.45) is 0 Å². The van der Waals surface area contributed by atoms with Gasteiger partial charge in [-0.15, -0.1) is 0 Å². The summed E-state index contributed by atoms with van der Waals surface area (Å²) in [7, 11) is 0. The highest BCUT2D eigenvalue weighted by molar-refractivity contribution is 5.69. The van der Waals surface area contributed by atoms with Crippen LogP contribution in [0.15, 0.2) is 12.3 Å². The Hall–Kier alpha value is -1.80. The van der Waals surface area contributed by atoms with E-state index in [2.05, 4.69) is 4.98 Å². The Morgan fingerprint density at radius 3 is 2.93 bits per heavy atom. The number of aliphatic hydroxyl groups is 1. The third-order valence-corrected chi connectivity index (χ3v) is 2.14. The molecule has 0 aliphatic rings. The van der Waals surface area contributed by atoms with Gasteiger partial charge in [0.2, 0.25) is 0 Å². The van der Waals surface area contributed by atoms with Crippen LogP contribution in [0.2, 0.25) is 0 Å². The highest BCUT2D eigenvalue weighted by Gasteiger charge is 2.11. The van der Waals surface area contributed by atoms with E-state index in [1.54, 1.807) is 12.3 Å². The van der Waals surface area contributed by atoms with Crippen molar-refractivity contribution in [3.63, 3.8) is 0 Å². The number of anilines is 2. The van der Waals surface area contributed by atoms with E-state index in [0.29, 0.717) is 30.2 Å². The van der Waals surface area contributed by atoms with Crippen molar-refractivity contribution in [3.8, 4) is 6.07 Å². The van der Waals surface area contributed by atoms with Crippen molar-refractivity contribution >= 4 is 11.5 Å². The van der Waals surface area contributed by atoms with Gasteiger partial charge in [-0.05, 0) is 13.0 Å². The third kappa shape index (κ3) is 2.36. The van der Waals surface area contributed by atoms with E-state index >= 15 is 0 Å². The predicted octanol–water partition coefficient (Wildman–Crippen LogP) is 0.354. The molecule has 5 nitrogen and oxygen atoms in total. The first-order chi connectivity index (χ1) is 7.24. The van der Waals surface area contributed by atoms with Gasteiger partial charge >= 0.3 is 0 Å². The van der Waals surface area contributed by atoms with Gasteiger partial charge in [0.05, 0.1) is 17.9 Å². The lowest BCUT2D eigenvalue weighted by molar-refractivity contribution is 0.302. The van der Waals surface area contributed by atoms with Gasteiger partial charge in [-0.2, -0.15) is 5.26 Å². The normalized spacial score (nSPS) is 9.67. The van der Waals surface area contributed by atoms with Crippen LogP contribution in [0.25, 0.3) is 0 Å². The second-order valence-electron chi connectivity index (χ2n) is 3.01. The number of aliphatic hydroxyl groups excluding tert-OH is 1. The zero-order chi connectivity index (χ0) is 11.3. The molecule has 0 aliphatic heterocycles. The molecule has 0 amide bonds. The highest BCUT2D eigenvalue weighted by Crippen LogP contribution is 2.22. The Morgan fingerprint density at radius 2 is 2.40 bits per heavy atom.